The Bertz CT molecular complexity index is 905. The number of β-amino-alcohol motifs (C(OH)–C–C–N with tert-alkyl or cyclic N) is 1. The van der Waals surface area contributed by atoms with Crippen molar-refractivity contribution in [3.05, 3.63) is 65.1 Å². The number of aliphatic hydroxyl groups is 1. The molecule has 136 valence electrons. The molecule has 0 spiro atoms. The van der Waals surface area contributed by atoms with Crippen molar-refractivity contribution in [2.75, 3.05) is 37.6 Å². The molecule has 2 heterocycles. The Balaban J connectivity index is 1.41. The molecule has 0 radical (unpaired) electrons. The molecule has 3 aromatic rings. The molecule has 0 unspecified atom stereocenters. The molecule has 0 saturated carbocycles. The zero-order chi connectivity index (χ0) is 18.1. The molecule has 0 bridgehead atoms. The Kier molecular flexibility index (Phi) is 4.85. The molecule has 1 fully saturated rings. The van der Waals surface area contributed by atoms with Gasteiger partial charge in [-0.05, 0) is 30.3 Å². The predicted molar refractivity (Wildman–Crippen MR) is 103 cm³/mol. The summed E-state index contributed by atoms with van der Waals surface area (Å²) in [6.45, 7) is 3.94. The van der Waals surface area contributed by atoms with Crippen LogP contribution in [0.3, 0.4) is 0 Å². The smallest absolute Gasteiger partial charge is 0.123 e. The van der Waals surface area contributed by atoms with Crippen LogP contribution >= 0.6 is 11.6 Å². The average Bonchev–Trinajstić information content (AvgIpc) is 3.06. The van der Waals surface area contributed by atoms with Crippen molar-refractivity contribution in [3.8, 4) is 0 Å². The normalized spacial score (nSPS) is 17.0. The number of fused-ring (bicyclic) bond motifs is 1. The van der Waals surface area contributed by atoms with E-state index in [4.69, 9.17) is 11.6 Å². The summed E-state index contributed by atoms with van der Waals surface area (Å²) in [5.41, 5.74) is 2.64. The first-order chi connectivity index (χ1) is 12.6. The van der Waals surface area contributed by atoms with Gasteiger partial charge in [0.05, 0.1) is 16.8 Å². The summed E-state index contributed by atoms with van der Waals surface area (Å²) in [4.78, 5) is 7.60. The Morgan fingerprint density at radius 3 is 2.65 bits per heavy atom. The van der Waals surface area contributed by atoms with E-state index in [0.29, 0.717) is 6.54 Å². The van der Waals surface area contributed by atoms with Crippen LogP contribution in [0, 0.1) is 5.82 Å². The third-order valence-electron chi connectivity index (χ3n) is 5.03. The minimum absolute atomic E-state index is 0.293. The number of rotatable bonds is 4. The van der Waals surface area contributed by atoms with Crippen LogP contribution in [0.15, 0.2) is 48.7 Å². The van der Waals surface area contributed by atoms with E-state index in [2.05, 4.69) is 14.8 Å². The average molecular weight is 374 g/mol. The molecule has 0 amide bonds. The van der Waals surface area contributed by atoms with Crippen LogP contribution in [0.2, 0.25) is 5.02 Å². The third-order valence-corrected chi connectivity index (χ3v) is 5.35. The molecule has 1 aliphatic rings. The van der Waals surface area contributed by atoms with Crippen molar-refractivity contribution in [2.24, 2.45) is 0 Å². The van der Waals surface area contributed by atoms with Crippen LogP contribution in [0.1, 0.15) is 11.7 Å². The first-order valence-electron chi connectivity index (χ1n) is 8.78. The van der Waals surface area contributed by atoms with Crippen LogP contribution in [0.5, 0.6) is 0 Å². The maximum atomic E-state index is 13.5. The van der Waals surface area contributed by atoms with E-state index in [-0.39, 0.29) is 5.82 Å². The van der Waals surface area contributed by atoms with Gasteiger partial charge in [0, 0.05) is 55.4 Å². The Morgan fingerprint density at radius 1 is 1.12 bits per heavy atom. The van der Waals surface area contributed by atoms with Gasteiger partial charge in [-0.25, -0.2) is 4.39 Å². The minimum Gasteiger partial charge on any atom is -0.387 e. The first-order valence-corrected chi connectivity index (χ1v) is 9.16. The third kappa shape index (κ3) is 3.43. The number of aromatic amines is 1. The Morgan fingerprint density at radius 2 is 1.88 bits per heavy atom. The number of aromatic nitrogens is 1. The molecule has 1 aliphatic heterocycles. The second-order valence-corrected chi connectivity index (χ2v) is 7.10. The first kappa shape index (κ1) is 17.3. The zero-order valence-corrected chi connectivity index (χ0v) is 15.1. The van der Waals surface area contributed by atoms with Crippen molar-refractivity contribution in [1.29, 1.82) is 0 Å². The number of hydrogen-bond donors (Lipinski definition) is 2. The highest BCUT2D eigenvalue weighted by molar-refractivity contribution is 6.33. The van der Waals surface area contributed by atoms with Gasteiger partial charge in [-0.3, -0.25) is 4.90 Å². The van der Waals surface area contributed by atoms with Gasteiger partial charge in [-0.1, -0.05) is 23.7 Å². The van der Waals surface area contributed by atoms with Crippen LogP contribution < -0.4 is 4.90 Å². The van der Waals surface area contributed by atoms with E-state index < -0.39 is 6.10 Å². The Labute approximate surface area is 156 Å². The maximum Gasteiger partial charge on any atom is 0.123 e. The Hall–Kier alpha value is -2.08. The highest BCUT2D eigenvalue weighted by atomic mass is 35.5. The molecule has 2 N–H and O–H groups in total. The molecule has 2 aromatic carbocycles. The van der Waals surface area contributed by atoms with Crippen LogP contribution in [-0.2, 0) is 0 Å². The summed E-state index contributed by atoms with van der Waals surface area (Å²) in [6.07, 6.45) is 1.12. The van der Waals surface area contributed by atoms with Crippen LogP contribution in [-0.4, -0.2) is 47.7 Å². The number of halogens is 2. The molecule has 1 aromatic heterocycles. The van der Waals surface area contributed by atoms with Gasteiger partial charge in [0.1, 0.15) is 5.82 Å². The molecule has 6 heteroatoms. The molecule has 26 heavy (non-hydrogen) atoms. The monoisotopic (exact) mass is 373 g/mol. The number of benzene rings is 2. The lowest BCUT2D eigenvalue weighted by atomic mass is 10.1. The summed E-state index contributed by atoms with van der Waals surface area (Å²) in [7, 11) is 0. The second-order valence-electron chi connectivity index (χ2n) is 6.69. The van der Waals surface area contributed by atoms with Crippen LogP contribution in [0.25, 0.3) is 10.9 Å². The topological polar surface area (TPSA) is 42.5 Å². The van der Waals surface area contributed by atoms with Gasteiger partial charge in [0.15, 0.2) is 0 Å². The highest BCUT2D eigenvalue weighted by Gasteiger charge is 2.22. The van der Waals surface area contributed by atoms with E-state index in [9.17, 15) is 9.50 Å². The van der Waals surface area contributed by atoms with E-state index in [1.54, 1.807) is 12.3 Å². The number of H-pyrrole nitrogens is 1. The van der Waals surface area contributed by atoms with Gasteiger partial charge >= 0.3 is 0 Å². The van der Waals surface area contributed by atoms with Crippen molar-refractivity contribution < 1.29 is 9.50 Å². The fraction of sp³-hybridized carbons (Fsp3) is 0.300. The number of hydrogen-bond acceptors (Lipinski definition) is 3. The quantitative estimate of drug-likeness (QED) is 0.730. The number of anilines is 1. The number of aliphatic hydroxyl groups excluding tert-OH is 1. The number of nitrogens with one attached hydrogen (secondary N) is 1. The molecule has 1 saturated heterocycles. The van der Waals surface area contributed by atoms with Crippen LogP contribution in [0.4, 0.5) is 10.1 Å². The van der Waals surface area contributed by atoms with Crippen molar-refractivity contribution in [1.82, 2.24) is 9.88 Å². The molecular formula is C20H21ClFN3O. The summed E-state index contributed by atoms with van der Waals surface area (Å²) >= 11 is 6.28. The largest absolute Gasteiger partial charge is 0.387 e. The number of nitrogens with zero attached hydrogens (tertiary/aromatic N) is 2. The van der Waals surface area contributed by atoms with E-state index >= 15 is 0 Å². The molecular weight excluding hydrogens is 353 g/mol. The van der Waals surface area contributed by atoms with E-state index in [0.717, 1.165) is 53.4 Å². The van der Waals surface area contributed by atoms with Gasteiger partial charge in [0.25, 0.3) is 0 Å². The lowest BCUT2D eigenvalue weighted by Crippen LogP contribution is -2.47. The molecule has 0 aliphatic carbocycles. The maximum absolute atomic E-state index is 13.5. The fourth-order valence-electron chi connectivity index (χ4n) is 3.61. The predicted octanol–water partition coefficient (Wildman–Crippen LogP) is 3.82. The molecule has 1 atom stereocenters. The fourth-order valence-corrected chi connectivity index (χ4v) is 3.87. The van der Waals surface area contributed by atoms with Crippen molar-refractivity contribution >= 4 is 28.2 Å². The van der Waals surface area contributed by atoms with E-state index in [1.807, 2.05) is 24.3 Å². The van der Waals surface area contributed by atoms with Gasteiger partial charge in [-0.15, -0.1) is 0 Å². The number of para-hydroxylation sites is 1. The SMILES string of the molecule is O[C@H](CN1CCN(c2ccccc2Cl)CC1)c1c[nH]c2ccc(F)cc12. The lowest BCUT2D eigenvalue weighted by molar-refractivity contribution is 0.110. The summed E-state index contributed by atoms with van der Waals surface area (Å²) < 4.78 is 13.5. The summed E-state index contributed by atoms with van der Waals surface area (Å²) in [5, 5.41) is 12.2. The summed E-state index contributed by atoms with van der Waals surface area (Å²) in [5.74, 6) is -0.293. The lowest BCUT2D eigenvalue weighted by Gasteiger charge is -2.37. The van der Waals surface area contributed by atoms with E-state index in [1.165, 1.54) is 12.1 Å². The zero-order valence-electron chi connectivity index (χ0n) is 14.3. The van der Waals surface area contributed by atoms with Crippen molar-refractivity contribution in [3.63, 3.8) is 0 Å². The number of piperazine rings is 1. The molecule has 4 rings (SSSR count). The van der Waals surface area contributed by atoms with Gasteiger partial charge in [-0.2, -0.15) is 0 Å². The summed E-state index contributed by atoms with van der Waals surface area (Å²) in [6, 6.07) is 12.5. The highest BCUT2D eigenvalue weighted by Crippen LogP contribution is 2.28. The van der Waals surface area contributed by atoms with Gasteiger partial charge < -0.3 is 15.0 Å². The van der Waals surface area contributed by atoms with Crippen molar-refractivity contribution in [2.45, 2.75) is 6.10 Å². The minimum atomic E-state index is -0.655. The van der Waals surface area contributed by atoms with Gasteiger partial charge in [0.2, 0.25) is 0 Å². The second kappa shape index (κ2) is 7.27. The standard InChI is InChI=1S/C20H21ClFN3O/c21-17-3-1-2-4-19(17)25-9-7-24(8-10-25)13-20(26)16-12-23-18-6-5-14(22)11-15(16)18/h1-6,11-12,20,23,26H,7-10,13H2/t20-/m1/s1. The molecule has 4 nitrogen and oxygen atoms in total.